The van der Waals surface area contributed by atoms with Crippen LogP contribution in [0, 0.1) is 0 Å². The van der Waals surface area contributed by atoms with Gasteiger partial charge in [0.05, 0.1) is 23.9 Å². The van der Waals surface area contributed by atoms with E-state index in [1.165, 1.54) is 0 Å². The minimum Gasteiger partial charge on any atom is -0.380 e. The van der Waals surface area contributed by atoms with E-state index >= 15 is 0 Å². The first-order chi connectivity index (χ1) is 10.2. The Labute approximate surface area is 127 Å². The van der Waals surface area contributed by atoms with Gasteiger partial charge < -0.3 is 19.4 Å². The van der Waals surface area contributed by atoms with E-state index in [0.717, 1.165) is 30.9 Å². The summed E-state index contributed by atoms with van der Waals surface area (Å²) >= 11 is 5.94. The van der Waals surface area contributed by atoms with Gasteiger partial charge in [0.15, 0.2) is 0 Å². The lowest BCUT2D eigenvalue weighted by Gasteiger charge is -2.19. The number of rotatable bonds is 2. The van der Waals surface area contributed by atoms with Crippen LogP contribution >= 0.6 is 11.6 Å². The fourth-order valence-corrected chi connectivity index (χ4v) is 2.50. The van der Waals surface area contributed by atoms with Crippen molar-refractivity contribution in [3.05, 3.63) is 35.2 Å². The highest BCUT2D eigenvalue weighted by Crippen LogP contribution is 2.11. The summed E-state index contributed by atoms with van der Waals surface area (Å²) in [5.41, 5.74) is 1.61. The molecule has 2 aromatic rings. The number of hydrogen-bond donors (Lipinski definition) is 1. The number of urea groups is 1. The van der Waals surface area contributed by atoms with Gasteiger partial charge in [0.25, 0.3) is 0 Å². The Morgan fingerprint density at radius 3 is 3.14 bits per heavy atom. The van der Waals surface area contributed by atoms with E-state index in [1.54, 1.807) is 17.2 Å². The highest BCUT2D eigenvalue weighted by atomic mass is 35.5. The number of amides is 2. The van der Waals surface area contributed by atoms with Crippen molar-refractivity contribution in [2.24, 2.45) is 0 Å². The van der Waals surface area contributed by atoms with E-state index < -0.39 is 0 Å². The molecule has 7 heteroatoms. The number of nitrogens with zero attached hydrogens (tertiary/aromatic N) is 3. The third kappa shape index (κ3) is 3.46. The molecule has 1 saturated heterocycles. The molecule has 2 amide bonds. The van der Waals surface area contributed by atoms with Crippen LogP contribution in [-0.2, 0) is 11.3 Å². The van der Waals surface area contributed by atoms with Crippen LogP contribution in [0.1, 0.15) is 12.1 Å². The van der Waals surface area contributed by atoms with Crippen LogP contribution in [0.15, 0.2) is 24.5 Å². The third-order valence-corrected chi connectivity index (χ3v) is 3.62. The molecule has 0 aliphatic carbocycles. The number of ether oxygens (including phenoxy) is 1. The predicted octanol–water partition coefficient (Wildman–Crippen LogP) is 1.92. The molecule has 3 rings (SSSR count). The number of hydrogen-bond acceptors (Lipinski definition) is 3. The van der Waals surface area contributed by atoms with Crippen LogP contribution in [0.5, 0.6) is 0 Å². The molecule has 0 atom stereocenters. The fraction of sp³-hybridized carbons (Fsp3) is 0.429. The second-order valence-electron chi connectivity index (χ2n) is 4.96. The Bertz CT molecular complexity index is 635. The summed E-state index contributed by atoms with van der Waals surface area (Å²) in [6.45, 7) is 3.08. The molecule has 112 valence electrons. The van der Waals surface area contributed by atoms with Crippen molar-refractivity contribution < 1.29 is 9.53 Å². The minimum absolute atomic E-state index is 0.0735. The van der Waals surface area contributed by atoms with Gasteiger partial charge in [-0.05, 0) is 18.6 Å². The van der Waals surface area contributed by atoms with Crippen molar-refractivity contribution in [2.45, 2.75) is 13.0 Å². The Hall–Kier alpha value is -1.79. The molecule has 0 aromatic carbocycles. The van der Waals surface area contributed by atoms with Gasteiger partial charge in [-0.25, -0.2) is 9.78 Å². The number of nitrogens with one attached hydrogen (secondary N) is 1. The largest absolute Gasteiger partial charge is 0.380 e. The molecule has 21 heavy (non-hydrogen) atoms. The standard InChI is InChI=1S/C14H17ClN4O2/c15-11-2-3-13-17-12(10-19(13)9-11)8-16-14(20)18-4-1-6-21-7-5-18/h2-3,9-10H,1,4-8H2,(H,16,20). The zero-order valence-electron chi connectivity index (χ0n) is 11.6. The molecule has 6 nitrogen and oxygen atoms in total. The Balaban J connectivity index is 1.61. The number of carbonyl (C=O) groups excluding carboxylic acids is 1. The van der Waals surface area contributed by atoms with Crippen LogP contribution in [0.4, 0.5) is 4.79 Å². The van der Waals surface area contributed by atoms with Gasteiger partial charge in [0.1, 0.15) is 5.65 Å². The summed E-state index contributed by atoms with van der Waals surface area (Å²) in [6.07, 6.45) is 4.54. The van der Waals surface area contributed by atoms with E-state index in [0.29, 0.717) is 24.7 Å². The number of pyridine rings is 1. The van der Waals surface area contributed by atoms with E-state index in [2.05, 4.69) is 10.3 Å². The molecule has 0 bridgehead atoms. The van der Waals surface area contributed by atoms with Gasteiger partial charge >= 0.3 is 6.03 Å². The number of fused-ring (bicyclic) bond motifs is 1. The maximum Gasteiger partial charge on any atom is 0.317 e. The molecule has 1 aliphatic rings. The highest BCUT2D eigenvalue weighted by Gasteiger charge is 2.15. The first-order valence-electron chi connectivity index (χ1n) is 6.96. The molecule has 0 saturated carbocycles. The molecule has 1 aliphatic heterocycles. The third-order valence-electron chi connectivity index (χ3n) is 3.40. The highest BCUT2D eigenvalue weighted by molar-refractivity contribution is 6.30. The van der Waals surface area contributed by atoms with E-state index in [9.17, 15) is 4.79 Å². The molecule has 0 spiro atoms. The maximum atomic E-state index is 12.1. The van der Waals surface area contributed by atoms with Gasteiger partial charge in [-0.2, -0.15) is 0 Å². The van der Waals surface area contributed by atoms with Crippen LogP contribution < -0.4 is 5.32 Å². The molecular formula is C14H17ClN4O2. The van der Waals surface area contributed by atoms with Crippen molar-refractivity contribution in [2.75, 3.05) is 26.3 Å². The Morgan fingerprint density at radius 1 is 1.33 bits per heavy atom. The summed E-state index contributed by atoms with van der Waals surface area (Å²) in [5.74, 6) is 0. The van der Waals surface area contributed by atoms with Crippen LogP contribution in [0.25, 0.3) is 5.65 Å². The summed E-state index contributed by atoms with van der Waals surface area (Å²) in [6, 6.07) is 3.57. The molecule has 3 heterocycles. The van der Waals surface area contributed by atoms with Gasteiger partial charge in [-0.15, -0.1) is 0 Å². The van der Waals surface area contributed by atoms with E-state index in [1.807, 2.05) is 16.7 Å². The van der Waals surface area contributed by atoms with Crippen molar-refractivity contribution in [1.82, 2.24) is 19.6 Å². The van der Waals surface area contributed by atoms with Crippen LogP contribution in [-0.4, -0.2) is 46.6 Å². The molecule has 0 radical (unpaired) electrons. The molecule has 0 unspecified atom stereocenters. The Morgan fingerprint density at radius 2 is 2.24 bits per heavy atom. The SMILES string of the molecule is O=C(NCc1cn2cc(Cl)ccc2n1)N1CCCOCC1. The quantitative estimate of drug-likeness (QED) is 0.922. The van der Waals surface area contributed by atoms with Crippen molar-refractivity contribution in [3.63, 3.8) is 0 Å². The number of carbonyl (C=O) groups is 1. The normalized spacial score (nSPS) is 16.0. The lowest BCUT2D eigenvalue weighted by Crippen LogP contribution is -2.41. The van der Waals surface area contributed by atoms with E-state index in [4.69, 9.17) is 16.3 Å². The fourth-order valence-electron chi connectivity index (χ4n) is 2.33. The maximum absolute atomic E-state index is 12.1. The van der Waals surface area contributed by atoms with Crippen LogP contribution in [0.2, 0.25) is 5.02 Å². The minimum atomic E-state index is -0.0735. The molecule has 2 aromatic heterocycles. The second-order valence-corrected chi connectivity index (χ2v) is 5.39. The predicted molar refractivity (Wildman–Crippen MR) is 79.4 cm³/mol. The topological polar surface area (TPSA) is 58.9 Å². The number of imidazole rings is 1. The van der Waals surface area contributed by atoms with Gasteiger partial charge in [-0.1, -0.05) is 11.6 Å². The Kier molecular flexibility index (Phi) is 4.26. The zero-order valence-corrected chi connectivity index (χ0v) is 12.3. The van der Waals surface area contributed by atoms with Crippen molar-refractivity contribution in [1.29, 1.82) is 0 Å². The summed E-state index contributed by atoms with van der Waals surface area (Å²) in [5, 5.41) is 3.55. The first kappa shape index (κ1) is 14.2. The lowest BCUT2D eigenvalue weighted by molar-refractivity contribution is 0.142. The van der Waals surface area contributed by atoms with E-state index in [-0.39, 0.29) is 6.03 Å². The molecule has 1 fully saturated rings. The summed E-state index contributed by atoms with van der Waals surface area (Å²) in [7, 11) is 0. The number of halogens is 1. The lowest BCUT2D eigenvalue weighted by atomic mass is 10.4. The molecule has 1 N–H and O–H groups in total. The van der Waals surface area contributed by atoms with Gasteiger partial charge in [-0.3, -0.25) is 0 Å². The number of aromatic nitrogens is 2. The first-order valence-corrected chi connectivity index (χ1v) is 7.34. The van der Waals surface area contributed by atoms with Gasteiger partial charge in [0, 0.05) is 32.1 Å². The summed E-state index contributed by atoms with van der Waals surface area (Å²) in [4.78, 5) is 18.3. The smallest absolute Gasteiger partial charge is 0.317 e. The van der Waals surface area contributed by atoms with Crippen molar-refractivity contribution in [3.8, 4) is 0 Å². The monoisotopic (exact) mass is 308 g/mol. The van der Waals surface area contributed by atoms with Gasteiger partial charge in [0.2, 0.25) is 0 Å². The second kappa shape index (κ2) is 6.32. The molecular weight excluding hydrogens is 292 g/mol. The average molecular weight is 309 g/mol. The average Bonchev–Trinajstić information content (AvgIpc) is 2.69. The summed E-state index contributed by atoms with van der Waals surface area (Å²) < 4.78 is 7.19. The zero-order chi connectivity index (χ0) is 14.7. The van der Waals surface area contributed by atoms with Crippen LogP contribution in [0.3, 0.4) is 0 Å². The van der Waals surface area contributed by atoms with Crippen molar-refractivity contribution >= 4 is 23.3 Å².